The molecule has 1 aliphatic heterocycles. The lowest BCUT2D eigenvalue weighted by atomic mass is 9.83. The number of halogens is 1. The molecule has 1 N–H and O–H groups in total. The summed E-state index contributed by atoms with van der Waals surface area (Å²) < 4.78 is 7.70. The number of likely N-dealkylation sites (tertiary alicyclic amines) is 1. The van der Waals surface area contributed by atoms with Crippen LogP contribution in [-0.4, -0.2) is 52.7 Å². The van der Waals surface area contributed by atoms with Gasteiger partial charge in [0.25, 0.3) is 0 Å². The van der Waals surface area contributed by atoms with Gasteiger partial charge in [-0.25, -0.2) is 4.79 Å². The molecule has 0 aliphatic carbocycles. The highest BCUT2D eigenvalue weighted by Crippen LogP contribution is 2.40. The first-order valence-corrected chi connectivity index (χ1v) is 13.1. The fraction of sp³-hybridized carbons (Fsp3) is 0.300. The molecule has 1 atom stereocenters. The summed E-state index contributed by atoms with van der Waals surface area (Å²) in [5.74, 6) is 0.0356. The van der Waals surface area contributed by atoms with Crippen molar-refractivity contribution in [1.29, 1.82) is 0 Å². The summed E-state index contributed by atoms with van der Waals surface area (Å²) in [5.41, 5.74) is 4.24. The van der Waals surface area contributed by atoms with Gasteiger partial charge in [0, 0.05) is 35.5 Å². The number of aromatic nitrogens is 1. The van der Waals surface area contributed by atoms with Gasteiger partial charge in [-0.15, -0.1) is 11.6 Å². The van der Waals surface area contributed by atoms with Crippen LogP contribution in [0.1, 0.15) is 45.9 Å². The van der Waals surface area contributed by atoms with Gasteiger partial charge in [0.2, 0.25) is 0 Å². The van der Waals surface area contributed by atoms with Gasteiger partial charge >= 0.3 is 5.97 Å². The van der Waals surface area contributed by atoms with Crippen molar-refractivity contribution in [2.24, 2.45) is 0 Å². The summed E-state index contributed by atoms with van der Waals surface area (Å²) in [5, 5.41) is 11.5. The lowest BCUT2D eigenvalue weighted by Crippen LogP contribution is -2.25. The Morgan fingerprint density at radius 3 is 2.25 bits per heavy atom. The number of carbonyl (C=O) groups is 1. The first kappa shape index (κ1) is 24.4. The van der Waals surface area contributed by atoms with E-state index < -0.39 is 5.97 Å². The number of ether oxygens (including phenoxy) is 1. The van der Waals surface area contributed by atoms with Crippen LogP contribution in [0.25, 0.3) is 10.9 Å². The molecule has 6 heteroatoms. The van der Waals surface area contributed by atoms with Crippen LogP contribution in [0.4, 0.5) is 0 Å². The summed E-state index contributed by atoms with van der Waals surface area (Å²) in [4.78, 5) is 15.3. The first-order valence-electron chi connectivity index (χ1n) is 12.6. The fourth-order valence-electron chi connectivity index (χ4n) is 5.42. The van der Waals surface area contributed by atoms with Crippen LogP contribution in [0.3, 0.4) is 0 Å². The second-order valence-electron chi connectivity index (χ2n) is 9.24. The minimum Gasteiger partial charge on any atom is -0.492 e. The smallest absolute Gasteiger partial charge is 0.352 e. The molecule has 5 rings (SSSR count). The molecule has 4 aromatic rings. The molecular formula is C30H31ClN2O3. The minimum absolute atomic E-state index is 0.239. The Kier molecular flexibility index (Phi) is 7.59. The summed E-state index contributed by atoms with van der Waals surface area (Å²) in [6.07, 6.45) is 2.42. The first-order chi connectivity index (χ1) is 17.7. The number of carboxylic acids is 1. The zero-order valence-electron chi connectivity index (χ0n) is 20.3. The largest absolute Gasteiger partial charge is 0.492 e. The lowest BCUT2D eigenvalue weighted by Gasteiger charge is -2.21. The molecule has 5 nitrogen and oxygen atoms in total. The van der Waals surface area contributed by atoms with Gasteiger partial charge in [-0.1, -0.05) is 60.7 Å². The Balaban J connectivity index is 1.66. The molecule has 1 unspecified atom stereocenters. The quantitative estimate of drug-likeness (QED) is 0.261. The summed E-state index contributed by atoms with van der Waals surface area (Å²) in [6, 6.07) is 26.2. The Bertz CT molecular complexity index is 1310. The summed E-state index contributed by atoms with van der Waals surface area (Å²) in [6.45, 7) is 4.10. The van der Waals surface area contributed by atoms with Crippen molar-refractivity contribution in [3.8, 4) is 5.75 Å². The van der Waals surface area contributed by atoms with E-state index in [2.05, 4.69) is 23.1 Å². The third-order valence-electron chi connectivity index (χ3n) is 7.03. The van der Waals surface area contributed by atoms with E-state index in [1.807, 2.05) is 65.2 Å². The normalized spacial score (nSPS) is 14.8. The number of benzene rings is 3. The minimum atomic E-state index is -0.898. The zero-order valence-corrected chi connectivity index (χ0v) is 21.0. The standard InChI is InChI=1S/C30H31ClN2O3/c31-16-21-36-24-14-12-23(13-15-24)27(22-8-2-1-3-9-22)28-25-10-4-5-11-26(25)33(29(28)30(34)35)20-19-32-17-6-7-18-32/h1-5,8-15,27H,6-7,16-21H2,(H,34,35). The van der Waals surface area contributed by atoms with Gasteiger partial charge in [-0.3, -0.25) is 0 Å². The number of para-hydroxylation sites is 1. The van der Waals surface area contributed by atoms with Crippen LogP contribution in [0.5, 0.6) is 5.75 Å². The molecule has 3 aromatic carbocycles. The van der Waals surface area contributed by atoms with E-state index in [9.17, 15) is 9.90 Å². The molecule has 1 saturated heterocycles. The second-order valence-corrected chi connectivity index (χ2v) is 9.61. The van der Waals surface area contributed by atoms with Crippen LogP contribution in [0, 0.1) is 0 Å². The predicted molar refractivity (Wildman–Crippen MR) is 145 cm³/mol. The van der Waals surface area contributed by atoms with Crippen LogP contribution in [0.15, 0.2) is 78.9 Å². The van der Waals surface area contributed by atoms with Gasteiger partial charge in [-0.2, -0.15) is 0 Å². The van der Waals surface area contributed by atoms with Crippen LogP contribution in [-0.2, 0) is 6.54 Å². The van der Waals surface area contributed by atoms with E-state index in [4.69, 9.17) is 16.3 Å². The summed E-state index contributed by atoms with van der Waals surface area (Å²) >= 11 is 5.78. The maximum absolute atomic E-state index is 12.9. The average molecular weight is 503 g/mol. The third kappa shape index (κ3) is 4.99. The maximum atomic E-state index is 12.9. The molecule has 186 valence electrons. The van der Waals surface area contributed by atoms with Gasteiger partial charge < -0.3 is 19.3 Å². The number of alkyl halides is 1. The Hall–Kier alpha value is -3.28. The number of fused-ring (bicyclic) bond motifs is 1. The Labute approximate surface area is 216 Å². The van der Waals surface area contributed by atoms with Gasteiger partial charge in [0.05, 0.1) is 5.88 Å². The predicted octanol–water partition coefficient (Wildman–Crippen LogP) is 6.23. The number of carboxylic acid groups (broad SMARTS) is 1. The number of aromatic carboxylic acids is 1. The molecule has 0 spiro atoms. The van der Waals surface area contributed by atoms with Gasteiger partial charge in [-0.05, 0) is 55.3 Å². The Morgan fingerprint density at radius 1 is 0.889 bits per heavy atom. The van der Waals surface area contributed by atoms with E-state index in [0.29, 0.717) is 24.7 Å². The van der Waals surface area contributed by atoms with Crippen molar-refractivity contribution in [3.63, 3.8) is 0 Å². The second kappa shape index (κ2) is 11.2. The molecule has 0 saturated carbocycles. The molecule has 36 heavy (non-hydrogen) atoms. The highest BCUT2D eigenvalue weighted by molar-refractivity contribution is 6.18. The number of hydrogen-bond donors (Lipinski definition) is 1. The Morgan fingerprint density at radius 2 is 1.56 bits per heavy atom. The SMILES string of the molecule is O=C(O)c1c(C(c2ccccc2)c2ccc(OCCCl)cc2)c2ccccc2n1CCN1CCCC1. The molecule has 1 aliphatic rings. The highest BCUT2D eigenvalue weighted by atomic mass is 35.5. The molecule has 1 aromatic heterocycles. The van der Waals surface area contributed by atoms with E-state index in [0.717, 1.165) is 53.0 Å². The van der Waals surface area contributed by atoms with Crippen molar-refractivity contribution in [2.45, 2.75) is 25.3 Å². The zero-order chi connectivity index (χ0) is 24.9. The molecule has 0 amide bonds. The van der Waals surface area contributed by atoms with Gasteiger partial charge in [0.1, 0.15) is 18.1 Å². The lowest BCUT2D eigenvalue weighted by molar-refractivity contribution is 0.0683. The number of rotatable bonds is 10. The molecular weight excluding hydrogens is 472 g/mol. The van der Waals surface area contributed by atoms with Crippen LogP contribution < -0.4 is 4.74 Å². The van der Waals surface area contributed by atoms with E-state index in [-0.39, 0.29) is 5.92 Å². The monoisotopic (exact) mass is 502 g/mol. The van der Waals surface area contributed by atoms with Crippen molar-refractivity contribution >= 4 is 28.5 Å². The van der Waals surface area contributed by atoms with Crippen molar-refractivity contribution in [2.75, 3.05) is 32.1 Å². The van der Waals surface area contributed by atoms with Crippen LogP contribution in [0.2, 0.25) is 0 Å². The average Bonchev–Trinajstić information content (AvgIpc) is 3.54. The molecule has 0 bridgehead atoms. The van der Waals surface area contributed by atoms with Crippen LogP contribution >= 0.6 is 11.6 Å². The molecule has 2 heterocycles. The third-order valence-corrected chi connectivity index (χ3v) is 7.19. The maximum Gasteiger partial charge on any atom is 0.352 e. The van der Waals surface area contributed by atoms with E-state index in [1.165, 1.54) is 12.8 Å². The number of hydrogen-bond acceptors (Lipinski definition) is 3. The summed E-state index contributed by atoms with van der Waals surface area (Å²) in [7, 11) is 0. The number of nitrogens with zero attached hydrogens (tertiary/aromatic N) is 2. The van der Waals surface area contributed by atoms with Gasteiger partial charge in [0.15, 0.2) is 0 Å². The highest BCUT2D eigenvalue weighted by Gasteiger charge is 2.30. The molecule has 0 radical (unpaired) electrons. The molecule has 1 fully saturated rings. The van der Waals surface area contributed by atoms with Crippen molar-refractivity contribution in [3.05, 3.63) is 101 Å². The van der Waals surface area contributed by atoms with E-state index >= 15 is 0 Å². The van der Waals surface area contributed by atoms with Crippen molar-refractivity contribution in [1.82, 2.24) is 9.47 Å². The topological polar surface area (TPSA) is 54.7 Å². The van der Waals surface area contributed by atoms with E-state index in [1.54, 1.807) is 0 Å². The van der Waals surface area contributed by atoms with Crippen molar-refractivity contribution < 1.29 is 14.6 Å². The fourth-order valence-corrected chi connectivity index (χ4v) is 5.49.